The molecule has 0 bridgehead atoms. The van der Waals surface area contributed by atoms with Crippen LogP contribution in [0, 0.1) is 11.7 Å². The highest BCUT2D eigenvalue weighted by atomic mass is 35.5. The molecule has 2 aromatic rings. The maximum absolute atomic E-state index is 14.7. The van der Waals surface area contributed by atoms with Crippen LogP contribution in [-0.2, 0) is 0 Å². The van der Waals surface area contributed by atoms with Gasteiger partial charge in [-0.3, -0.25) is 9.78 Å². The Bertz CT molecular complexity index is 729. The number of nitrogens with zero attached hydrogens (tertiary/aromatic N) is 1. The highest BCUT2D eigenvalue weighted by Crippen LogP contribution is 2.41. The number of hydrogen-bond donors (Lipinski definition) is 2. The molecule has 6 heteroatoms. The zero-order valence-electron chi connectivity index (χ0n) is 11.7. The van der Waals surface area contributed by atoms with Gasteiger partial charge in [-0.1, -0.05) is 17.7 Å². The molecule has 3 rings (SSSR count). The van der Waals surface area contributed by atoms with Crippen molar-refractivity contribution in [2.24, 2.45) is 11.7 Å². The van der Waals surface area contributed by atoms with Gasteiger partial charge in [-0.2, -0.15) is 0 Å². The predicted molar refractivity (Wildman–Crippen MR) is 83.1 cm³/mol. The van der Waals surface area contributed by atoms with Crippen LogP contribution in [0.5, 0.6) is 0 Å². The Balaban J connectivity index is 2.03. The molecule has 1 aromatic carbocycles. The molecule has 0 unspecified atom stereocenters. The van der Waals surface area contributed by atoms with Gasteiger partial charge in [0.05, 0.1) is 22.5 Å². The average molecular weight is 320 g/mol. The first kappa shape index (κ1) is 14.9. The van der Waals surface area contributed by atoms with E-state index in [1.165, 1.54) is 24.4 Å². The molecular formula is C16H15ClFN3O. The second kappa shape index (κ2) is 5.66. The van der Waals surface area contributed by atoms with Gasteiger partial charge in [0.1, 0.15) is 11.5 Å². The molecule has 114 valence electrons. The Hall–Kier alpha value is -1.98. The summed E-state index contributed by atoms with van der Waals surface area (Å²) in [4.78, 5) is 16.4. The van der Waals surface area contributed by atoms with Crippen LogP contribution >= 0.6 is 11.6 Å². The minimum absolute atomic E-state index is 0.0490. The predicted octanol–water partition coefficient (Wildman–Crippen LogP) is 3.10. The van der Waals surface area contributed by atoms with Gasteiger partial charge in [-0.25, -0.2) is 4.39 Å². The van der Waals surface area contributed by atoms with Crippen molar-refractivity contribution >= 4 is 23.1 Å². The van der Waals surface area contributed by atoms with Crippen LogP contribution < -0.4 is 11.5 Å². The lowest BCUT2D eigenvalue weighted by Gasteiger charge is -2.15. The van der Waals surface area contributed by atoms with Gasteiger partial charge >= 0.3 is 0 Å². The number of benzene rings is 1. The molecule has 1 aromatic heterocycles. The molecule has 0 saturated heterocycles. The minimum Gasteiger partial charge on any atom is -0.397 e. The van der Waals surface area contributed by atoms with Crippen LogP contribution in [0.1, 0.15) is 40.5 Å². The lowest BCUT2D eigenvalue weighted by Crippen LogP contribution is -2.17. The number of aromatic nitrogens is 1. The molecule has 1 heterocycles. The largest absolute Gasteiger partial charge is 0.397 e. The first-order valence-corrected chi connectivity index (χ1v) is 7.36. The van der Waals surface area contributed by atoms with E-state index < -0.39 is 17.6 Å². The quantitative estimate of drug-likeness (QED) is 0.848. The summed E-state index contributed by atoms with van der Waals surface area (Å²) in [6, 6.07) is 5.62. The summed E-state index contributed by atoms with van der Waals surface area (Å²) in [5.41, 5.74) is 12.2. The Morgan fingerprint density at radius 2 is 2.05 bits per heavy atom. The maximum atomic E-state index is 14.7. The van der Waals surface area contributed by atoms with E-state index in [-0.39, 0.29) is 22.2 Å². The number of pyridine rings is 1. The van der Waals surface area contributed by atoms with Crippen molar-refractivity contribution < 1.29 is 9.18 Å². The second-order valence-corrected chi connectivity index (χ2v) is 5.90. The zero-order valence-corrected chi connectivity index (χ0v) is 12.5. The summed E-state index contributed by atoms with van der Waals surface area (Å²) in [5, 5.41) is 0.0490. The van der Waals surface area contributed by atoms with Crippen LogP contribution in [0.4, 0.5) is 10.1 Å². The average Bonchev–Trinajstić information content (AvgIpc) is 3.32. The highest BCUT2D eigenvalue weighted by Gasteiger charge is 2.33. The molecule has 0 radical (unpaired) electrons. The molecular weight excluding hydrogens is 305 g/mol. The fourth-order valence-corrected chi connectivity index (χ4v) is 2.64. The molecule has 1 fully saturated rings. The van der Waals surface area contributed by atoms with Gasteiger partial charge in [0.2, 0.25) is 5.78 Å². The molecule has 4 N–H and O–H groups in total. The minimum atomic E-state index is -0.657. The Kier molecular flexibility index (Phi) is 3.85. The number of anilines is 1. The van der Waals surface area contributed by atoms with E-state index in [2.05, 4.69) is 4.98 Å². The van der Waals surface area contributed by atoms with E-state index in [9.17, 15) is 9.18 Å². The van der Waals surface area contributed by atoms with Crippen LogP contribution in [0.25, 0.3) is 0 Å². The van der Waals surface area contributed by atoms with Crippen molar-refractivity contribution in [1.82, 2.24) is 4.98 Å². The van der Waals surface area contributed by atoms with Crippen molar-refractivity contribution in [3.63, 3.8) is 0 Å². The lowest BCUT2D eigenvalue weighted by atomic mass is 9.97. The molecule has 1 saturated carbocycles. The van der Waals surface area contributed by atoms with Gasteiger partial charge in [0, 0.05) is 11.6 Å². The van der Waals surface area contributed by atoms with E-state index in [4.69, 9.17) is 23.1 Å². The van der Waals surface area contributed by atoms with Crippen molar-refractivity contribution in [3.8, 4) is 0 Å². The molecule has 0 spiro atoms. The van der Waals surface area contributed by atoms with Gasteiger partial charge < -0.3 is 11.5 Å². The molecule has 22 heavy (non-hydrogen) atoms. The molecule has 1 aliphatic carbocycles. The fraction of sp³-hybridized carbons (Fsp3) is 0.250. The summed E-state index contributed by atoms with van der Waals surface area (Å²) in [5.74, 6) is -0.962. The first-order valence-electron chi connectivity index (χ1n) is 6.98. The standard InChI is InChI=1S/C16H15ClFN3O/c17-11-5-4-10(15(20)8-1-2-8)14(18)13(11)16(22)12-6-3-9(19)7-21-12/h3-8,15H,1-2,19-20H2/t15-/m1/s1. The summed E-state index contributed by atoms with van der Waals surface area (Å²) in [6.07, 6.45) is 3.30. The topological polar surface area (TPSA) is 82.0 Å². The number of carbonyl (C=O) groups is 1. The molecule has 4 nitrogen and oxygen atoms in total. The zero-order chi connectivity index (χ0) is 15.9. The van der Waals surface area contributed by atoms with E-state index >= 15 is 0 Å². The number of carbonyl (C=O) groups excluding carboxylic acids is 1. The van der Waals surface area contributed by atoms with Crippen molar-refractivity contribution in [1.29, 1.82) is 0 Å². The number of nitrogens with two attached hydrogens (primary N) is 2. The molecule has 0 amide bonds. The van der Waals surface area contributed by atoms with Gasteiger partial charge in [0.25, 0.3) is 0 Å². The SMILES string of the molecule is Nc1ccc(C(=O)c2c(Cl)ccc([C@H](N)C3CC3)c2F)nc1. The monoisotopic (exact) mass is 319 g/mol. The third-order valence-electron chi connectivity index (χ3n) is 3.86. The van der Waals surface area contributed by atoms with E-state index in [1.807, 2.05) is 0 Å². The summed E-state index contributed by atoms with van der Waals surface area (Å²) in [7, 11) is 0. The van der Waals surface area contributed by atoms with E-state index in [0.29, 0.717) is 11.3 Å². The van der Waals surface area contributed by atoms with E-state index in [1.54, 1.807) is 6.07 Å². The molecule has 1 atom stereocenters. The normalized spacial score (nSPS) is 15.6. The van der Waals surface area contributed by atoms with E-state index in [0.717, 1.165) is 12.8 Å². The third-order valence-corrected chi connectivity index (χ3v) is 4.17. The number of rotatable bonds is 4. The summed E-state index contributed by atoms with van der Waals surface area (Å²) in [6.45, 7) is 0. The number of halogens is 2. The fourth-order valence-electron chi connectivity index (χ4n) is 2.41. The Morgan fingerprint density at radius 3 is 2.64 bits per heavy atom. The third kappa shape index (κ3) is 2.69. The molecule has 1 aliphatic rings. The van der Waals surface area contributed by atoms with Crippen molar-refractivity contribution in [2.75, 3.05) is 5.73 Å². The number of nitrogen functional groups attached to an aromatic ring is 1. The second-order valence-electron chi connectivity index (χ2n) is 5.49. The van der Waals surface area contributed by atoms with Crippen LogP contribution in [0.3, 0.4) is 0 Å². The highest BCUT2D eigenvalue weighted by molar-refractivity contribution is 6.35. The number of ketones is 1. The first-order chi connectivity index (χ1) is 10.5. The summed E-state index contributed by atoms with van der Waals surface area (Å²) >= 11 is 6.02. The van der Waals surface area contributed by atoms with Crippen molar-refractivity contribution in [2.45, 2.75) is 18.9 Å². The lowest BCUT2D eigenvalue weighted by molar-refractivity contribution is 0.103. The summed E-state index contributed by atoms with van der Waals surface area (Å²) < 4.78 is 14.7. The smallest absolute Gasteiger partial charge is 0.215 e. The molecule has 0 aliphatic heterocycles. The van der Waals surface area contributed by atoms with Crippen LogP contribution in [-0.4, -0.2) is 10.8 Å². The van der Waals surface area contributed by atoms with Gasteiger partial charge in [0.15, 0.2) is 0 Å². The Morgan fingerprint density at radius 1 is 1.32 bits per heavy atom. The van der Waals surface area contributed by atoms with Crippen LogP contribution in [0.15, 0.2) is 30.5 Å². The maximum Gasteiger partial charge on any atom is 0.215 e. The van der Waals surface area contributed by atoms with Gasteiger partial charge in [-0.05, 0) is 37.0 Å². The van der Waals surface area contributed by atoms with Crippen LogP contribution in [0.2, 0.25) is 5.02 Å². The van der Waals surface area contributed by atoms with Crippen molar-refractivity contribution in [3.05, 3.63) is 58.1 Å². The Labute approximate surface area is 132 Å². The van der Waals surface area contributed by atoms with Gasteiger partial charge in [-0.15, -0.1) is 0 Å². The number of hydrogen-bond acceptors (Lipinski definition) is 4.